The Morgan fingerprint density at radius 1 is 1.41 bits per heavy atom. The highest BCUT2D eigenvalue weighted by molar-refractivity contribution is 6.41. The molecule has 6 heteroatoms. The topological polar surface area (TPSA) is 45.5 Å². The van der Waals surface area contributed by atoms with Gasteiger partial charge in [0, 0.05) is 20.1 Å². The second-order valence-electron chi connectivity index (χ2n) is 4.25. The number of rotatable bonds is 1. The summed E-state index contributed by atoms with van der Waals surface area (Å²) in [5, 5.41) is 10.1. The lowest BCUT2D eigenvalue weighted by molar-refractivity contribution is 0.0538. The highest BCUT2D eigenvalue weighted by atomic mass is 35.5. The van der Waals surface area contributed by atoms with Gasteiger partial charge in [0.05, 0.1) is 11.1 Å². The van der Waals surface area contributed by atoms with Gasteiger partial charge >= 0.3 is 0 Å². The lowest BCUT2D eigenvalue weighted by Crippen LogP contribution is -2.40. The second-order valence-corrected chi connectivity index (χ2v) is 5.02. The zero-order valence-electron chi connectivity index (χ0n) is 9.49. The average molecular weight is 277 g/mol. The fourth-order valence-corrected chi connectivity index (χ4v) is 2.35. The van der Waals surface area contributed by atoms with Gasteiger partial charge in [-0.2, -0.15) is 0 Å². The summed E-state index contributed by atoms with van der Waals surface area (Å²) in [4.78, 5) is 13.9. The standard InChI is InChI=1S/C11H14Cl2N2O2/c1-14-9(6-8(12)10(14)13)11(17)15-4-2-7(16)3-5-15/h6-7,16H,2-5H2,1H3. The Morgan fingerprint density at radius 2 is 2.00 bits per heavy atom. The molecule has 1 aliphatic heterocycles. The van der Waals surface area contributed by atoms with Gasteiger partial charge in [-0.3, -0.25) is 4.79 Å². The molecule has 1 saturated heterocycles. The van der Waals surface area contributed by atoms with Gasteiger partial charge in [0.25, 0.3) is 5.91 Å². The van der Waals surface area contributed by atoms with Crippen LogP contribution in [0.15, 0.2) is 6.07 Å². The predicted octanol–water partition coefficient (Wildman–Crippen LogP) is 1.93. The molecule has 0 atom stereocenters. The minimum atomic E-state index is -0.292. The SMILES string of the molecule is Cn1c(C(=O)N2CCC(O)CC2)cc(Cl)c1Cl. The van der Waals surface area contributed by atoms with Gasteiger partial charge in [-0.1, -0.05) is 23.2 Å². The van der Waals surface area contributed by atoms with Crippen molar-refractivity contribution in [3.63, 3.8) is 0 Å². The molecule has 1 amide bonds. The zero-order valence-corrected chi connectivity index (χ0v) is 11.0. The largest absolute Gasteiger partial charge is 0.393 e. The molecular weight excluding hydrogens is 263 g/mol. The average Bonchev–Trinajstić information content (AvgIpc) is 2.57. The molecule has 1 aromatic heterocycles. The lowest BCUT2D eigenvalue weighted by Gasteiger charge is -2.29. The van der Waals surface area contributed by atoms with Gasteiger partial charge in [0.15, 0.2) is 0 Å². The Balaban J connectivity index is 2.17. The third kappa shape index (κ3) is 2.44. The molecule has 2 heterocycles. The van der Waals surface area contributed by atoms with E-state index in [4.69, 9.17) is 23.2 Å². The molecule has 1 aromatic rings. The van der Waals surface area contributed by atoms with E-state index >= 15 is 0 Å². The number of nitrogens with zero attached hydrogens (tertiary/aromatic N) is 2. The van der Waals surface area contributed by atoms with E-state index in [-0.39, 0.29) is 12.0 Å². The molecule has 0 aliphatic carbocycles. The molecule has 1 fully saturated rings. The molecule has 0 radical (unpaired) electrons. The van der Waals surface area contributed by atoms with Gasteiger partial charge in [-0.25, -0.2) is 0 Å². The van der Waals surface area contributed by atoms with Crippen molar-refractivity contribution in [2.75, 3.05) is 13.1 Å². The van der Waals surface area contributed by atoms with E-state index in [0.29, 0.717) is 41.8 Å². The van der Waals surface area contributed by atoms with Crippen LogP contribution in [0.5, 0.6) is 0 Å². The Morgan fingerprint density at radius 3 is 2.47 bits per heavy atom. The first-order valence-electron chi connectivity index (χ1n) is 5.48. The summed E-state index contributed by atoms with van der Waals surface area (Å²) >= 11 is 11.8. The van der Waals surface area contributed by atoms with Crippen molar-refractivity contribution >= 4 is 29.1 Å². The summed E-state index contributed by atoms with van der Waals surface area (Å²) in [6, 6.07) is 1.58. The number of hydrogen-bond donors (Lipinski definition) is 1. The van der Waals surface area contributed by atoms with Crippen LogP contribution in [-0.4, -0.2) is 39.7 Å². The highest BCUT2D eigenvalue weighted by Crippen LogP contribution is 2.26. The van der Waals surface area contributed by atoms with E-state index in [2.05, 4.69) is 0 Å². The summed E-state index contributed by atoms with van der Waals surface area (Å²) in [7, 11) is 1.71. The number of carbonyl (C=O) groups excluding carboxylic acids is 1. The zero-order chi connectivity index (χ0) is 12.6. The molecule has 94 valence electrons. The number of amides is 1. The summed E-state index contributed by atoms with van der Waals surface area (Å²) in [5.74, 6) is -0.0896. The first-order valence-corrected chi connectivity index (χ1v) is 6.24. The van der Waals surface area contributed by atoms with Crippen LogP contribution in [0, 0.1) is 0 Å². The fraction of sp³-hybridized carbons (Fsp3) is 0.545. The van der Waals surface area contributed by atoms with Crippen LogP contribution in [0.1, 0.15) is 23.3 Å². The number of piperidine rings is 1. The molecule has 2 rings (SSSR count). The number of hydrogen-bond acceptors (Lipinski definition) is 2. The molecule has 0 saturated carbocycles. The Bertz CT molecular complexity index is 437. The van der Waals surface area contributed by atoms with Crippen LogP contribution in [0.2, 0.25) is 10.2 Å². The predicted molar refractivity (Wildman–Crippen MR) is 66.6 cm³/mol. The van der Waals surface area contributed by atoms with Gasteiger partial charge < -0.3 is 14.6 Å². The molecule has 0 spiro atoms. The van der Waals surface area contributed by atoms with E-state index in [1.54, 1.807) is 22.6 Å². The summed E-state index contributed by atoms with van der Waals surface area (Å²) in [6.07, 6.45) is 0.953. The normalized spacial score (nSPS) is 17.5. The van der Waals surface area contributed by atoms with Gasteiger partial charge in [0.2, 0.25) is 0 Å². The van der Waals surface area contributed by atoms with E-state index in [0.717, 1.165) is 0 Å². The third-order valence-electron chi connectivity index (χ3n) is 3.09. The number of aliphatic hydroxyl groups excluding tert-OH is 1. The molecule has 0 aromatic carbocycles. The Hall–Kier alpha value is -0.710. The third-order valence-corrected chi connectivity index (χ3v) is 3.93. The van der Waals surface area contributed by atoms with Crippen LogP contribution in [0.3, 0.4) is 0 Å². The van der Waals surface area contributed by atoms with Crippen molar-refractivity contribution in [1.29, 1.82) is 0 Å². The Labute approximate surface area is 110 Å². The molecule has 0 bridgehead atoms. The first kappa shape index (κ1) is 12.7. The fourth-order valence-electron chi connectivity index (χ4n) is 1.98. The van der Waals surface area contributed by atoms with Crippen LogP contribution in [0.4, 0.5) is 0 Å². The summed E-state index contributed by atoms with van der Waals surface area (Å²) < 4.78 is 1.58. The Kier molecular flexibility index (Phi) is 3.66. The van der Waals surface area contributed by atoms with Crippen LogP contribution < -0.4 is 0 Å². The van der Waals surface area contributed by atoms with Crippen LogP contribution in [0.25, 0.3) is 0 Å². The first-order chi connectivity index (χ1) is 8.00. The van der Waals surface area contributed by atoms with Crippen molar-refractivity contribution in [1.82, 2.24) is 9.47 Å². The molecule has 17 heavy (non-hydrogen) atoms. The van der Waals surface area contributed by atoms with Crippen molar-refractivity contribution in [3.8, 4) is 0 Å². The number of aliphatic hydroxyl groups is 1. The molecule has 1 N–H and O–H groups in total. The number of halogens is 2. The molecule has 1 aliphatic rings. The smallest absolute Gasteiger partial charge is 0.270 e. The van der Waals surface area contributed by atoms with Gasteiger partial charge in [-0.05, 0) is 18.9 Å². The van der Waals surface area contributed by atoms with Crippen LogP contribution >= 0.6 is 23.2 Å². The quantitative estimate of drug-likeness (QED) is 0.852. The van der Waals surface area contributed by atoms with Crippen molar-refractivity contribution in [3.05, 3.63) is 21.9 Å². The van der Waals surface area contributed by atoms with E-state index in [9.17, 15) is 9.90 Å². The van der Waals surface area contributed by atoms with Crippen molar-refractivity contribution in [2.24, 2.45) is 7.05 Å². The maximum Gasteiger partial charge on any atom is 0.270 e. The second kappa shape index (κ2) is 4.88. The van der Waals surface area contributed by atoms with E-state index in [1.807, 2.05) is 0 Å². The summed E-state index contributed by atoms with van der Waals surface area (Å²) in [5.41, 5.74) is 0.483. The maximum atomic E-state index is 12.2. The number of carbonyl (C=O) groups is 1. The summed E-state index contributed by atoms with van der Waals surface area (Å²) in [6.45, 7) is 1.14. The van der Waals surface area contributed by atoms with Crippen molar-refractivity contribution in [2.45, 2.75) is 18.9 Å². The van der Waals surface area contributed by atoms with E-state index < -0.39 is 0 Å². The molecule has 4 nitrogen and oxygen atoms in total. The number of aromatic nitrogens is 1. The van der Waals surface area contributed by atoms with E-state index in [1.165, 1.54) is 0 Å². The van der Waals surface area contributed by atoms with Gasteiger partial charge in [-0.15, -0.1) is 0 Å². The minimum absolute atomic E-state index is 0.0896. The minimum Gasteiger partial charge on any atom is -0.393 e. The highest BCUT2D eigenvalue weighted by Gasteiger charge is 2.25. The van der Waals surface area contributed by atoms with Crippen molar-refractivity contribution < 1.29 is 9.90 Å². The van der Waals surface area contributed by atoms with Gasteiger partial charge in [0.1, 0.15) is 10.8 Å². The monoisotopic (exact) mass is 276 g/mol. The number of likely N-dealkylation sites (tertiary alicyclic amines) is 1. The maximum absolute atomic E-state index is 12.2. The van der Waals surface area contributed by atoms with Crippen LogP contribution in [-0.2, 0) is 7.05 Å². The lowest BCUT2D eigenvalue weighted by atomic mass is 10.1. The molecular formula is C11H14Cl2N2O2. The molecule has 0 unspecified atom stereocenters.